The quantitative estimate of drug-likeness (QED) is 0.419. The number of carbonyl (C=O) groups excluding carboxylic acids is 2. The Morgan fingerprint density at radius 3 is 2.26 bits per heavy atom. The maximum Gasteiger partial charge on any atom is 0.258 e. The lowest BCUT2D eigenvalue weighted by Gasteiger charge is -2.40. The lowest BCUT2D eigenvalue weighted by Crippen LogP contribution is -2.46. The topological polar surface area (TPSA) is 49.9 Å². The van der Waals surface area contributed by atoms with Crippen molar-refractivity contribution in [1.29, 1.82) is 0 Å². The van der Waals surface area contributed by atoms with Crippen molar-refractivity contribution >= 4 is 23.2 Å². The third kappa shape index (κ3) is 4.81. The number of likely N-dealkylation sites (N-methyl/N-ethyl adjacent to an activating group) is 1. The Morgan fingerprint density at radius 2 is 1.66 bits per heavy atom. The summed E-state index contributed by atoms with van der Waals surface area (Å²) in [6, 6.07) is 23.1. The van der Waals surface area contributed by atoms with Crippen LogP contribution in [0.1, 0.15) is 67.4 Å². The van der Waals surface area contributed by atoms with Crippen molar-refractivity contribution in [3.63, 3.8) is 0 Å². The smallest absolute Gasteiger partial charge is 0.258 e. The molecular weight excluding hydrogens is 436 g/mol. The number of hydrogen-bond donors (Lipinski definition) is 0. The highest BCUT2D eigenvalue weighted by Gasteiger charge is 2.38. The van der Waals surface area contributed by atoms with E-state index >= 15 is 0 Å². The first-order valence-electron chi connectivity index (χ1n) is 12.3. The van der Waals surface area contributed by atoms with Crippen LogP contribution < -0.4 is 14.5 Å². The van der Waals surface area contributed by atoms with Gasteiger partial charge < -0.3 is 14.5 Å². The lowest BCUT2D eigenvalue weighted by atomic mass is 9.84. The average molecular weight is 471 g/mol. The molecule has 1 heterocycles. The number of nitrogens with zero attached hydrogens (tertiary/aromatic N) is 2. The summed E-state index contributed by atoms with van der Waals surface area (Å²) >= 11 is 0. The van der Waals surface area contributed by atoms with Crippen LogP contribution >= 0.6 is 0 Å². The van der Waals surface area contributed by atoms with Crippen molar-refractivity contribution < 1.29 is 14.3 Å². The second-order valence-corrected chi connectivity index (χ2v) is 9.43. The number of rotatable bonds is 6. The van der Waals surface area contributed by atoms with Crippen LogP contribution in [0, 0.1) is 0 Å². The Bertz CT molecular complexity index is 1180. The van der Waals surface area contributed by atoms with E-state index in [0.29, 0.717) is 30.2 Å². The van der Waals surface area contributed by atoms with Gasteiger partial charge in [0, 0.05) is 29.5 Å². The minimum absolute atomic E-state index is 0.0700. The normalized spacial score (nSPS) is 17.1. The van der Waals surface area contributed by atoms with Gasteiger partial charge in [0.1, 0.15) is 5.75 Å². The van der Waals surface area contributed by atoms with Crippen LogP contribution in [-0.2, 0) is 4.79 Å². The van der Waals surface area contributed by atoms with Crippen molar-refractivity contribution in [2.24, 2.45) is 0 Å². The van der Waals surface area contributed by atoms with Crippen LogP contribution in [-0.4, -0.2) is 31.5 Å². The summed E-state index contributed by atoms with van der Waals surface area (Å²) in [4.78, 5) is 31.1. The lowest BCUT2D eigenvalue weighted by molar-refractivity contribution is -0.120. The maximum atomic E-state index is 13.9. The van der Waals surface area contributed by atoms with Gasteiger partial charge in [-0.2, -0.15) is 0 Å². The van der Waals surface area contributed by atoms with E-state index in [1.807, 2.05) is 60.0 Å². The highest BCUT2D eigenvalue weighted by molar-refractivity contribution is 6.09. The Labute approximate surface area is 208 Å². The van der Waals surface area contributed by atoms with Gasteiger partial charge >= 0.3 is 0 Å². The average Bonchev–Trinajstić information content (AvgIpc) is 2.88. The molecule has 2 unspecified atom stereocenters. The van der Waals surface area contributed by atoms with E-state index in [4.69, 9.17) is 4.74 Å². The van der Waals surface area contributed by atoms with E-state index in [9.17, 15) is 9.59 Å². The van der Waals surface area contributed by atoms with Crippen molar-refractivity contribution in [3.8, 4) is 5.75 Å². The zero-order valence-corrected chi connectivity index (χ0v) is 21.2. The summed E-state index contributed by atoms with van der Waals surface area (Å²) in [7, 11) is 1.61. The largest absolute Gasteiger partial charge is 0.497 e. The second-order valence-electron chi connectivity index (χ2n) is 9.43. The number of hydrogen-bond acceptors (Lipinski definition) is 3. The summed E-state index contributed by atoms with van der Waals surface area (Å²) in [5.41, 5.74) is 4.45. The summed E-state index contributed by atoms with van der Waals surface area (Å²) in [6.07, 6.45) is 0.568. The van der Waals surface area contributed by atoms with Gasteiger partial charge in [-0.1, -0.05) is 44.2 Å². The van der Waals surface area contributed by atoms with E-state index in [-0.39, 0.29) is 23.8 Å². The van der Waals surface area contributed by atoms with Crippen LogP contribution in [0.2, 0.25) is 0 Å². The molecule has 0 aromatic heterocycles. The van der Waals surface area contributed by atoms with Gasteiger partial charge in [0.15, 0.2) is 0 Å². The minimum Gasteiger partial charge on any atom is -0.497 e. The first-order valence-corrected chi connectivity index (χ1v) is 12.3. The molecule has 2 atom stereocenters. The number of ether oxygens (including phenoxy) is 1. The first-order chi connectivity index (χ1) is 16.8. The fraction of sp³-hybridized carbons (Fsp3) is 0.333. The highest BCUT2D eigenvalue weighted by Crippen LogP contribution is 2.41. The van der Waals surface area contributed by atoms with Gasteiger partial charge in [-0.15, -0.1) is 0 Å². The van der Waals surface area contributed by atoms with Crippen molar-refractivity contribution in [1.82, 2.24) is 0 Å². The Hall–Kier alpha value is -3.60. The third-order valence-corrected chi connectivity index (χ3v) is 6.90. The molecule has 3 aromatic carbocycles. The van der Waals surface area contributed by atoms with Crippen LogP contribution in [0.5, 0.6) is 5.75 Å². The summed E-state index contributed by atoms with van der Waals surface area (Å²) in [6.45, 7) is 8.94. The number of benzene rings is 3. The predicted molar refractivity (Wildman–Crippen MR) is 142 cm³/mol. The van der Waals surface area contributed by atoms with Gasteiger partial charge in [0.2, 0.25) is 5.91 Å². The number of anilines is 2. The van der Waals surface area contributed by atoms with E-state index in [2.05, 4.69) is 26.0 Å². The molecule has 0 spiro atoms. The van der Waals surface area contributed by atoms with Crippen LogP contribution in [0.3, 0.4) is 0 Å². The zero-order chi connectivity index (χ0) is 25.1. The SMILES string of the molecule is CCN(C(=O)C1CC(C)N(C(=O)c2ccc(OC)cc2)c2ccccc21)c1ccc(C(C)C)cc1. The van der Waals surface area contributed by atoms with Crippen LogP contribution in [0.4, 0.5) is 11.4 Å². The highest BCUT2D eigenvalue weighted by atomic mass is 16.5. The third-order valence-electron chi connectivity index (χ3n) is 6.90. The molecule has 3 aromatic rings. The number of para-hydroxylation sites is 1. The molecule has 1 aliphatic rings. The summed E-state index contributed by atoms with van der Waals surface area (Å²) in [5.74, 6) is 0.831. The molecule has 0 saturated heterocycles. The monoisotopic (exact) mass is 470 g/mol. The Morgan fingerprint density at radius 1 is 1.00 bits per heavy atom. The standard InChI is InChI=1S/C30H34N2O3/c1-6-31(24-15-11-22(12-16-24)20(2)3)30(34)27-19-21(4)32(28-10-8-7-9-26(27)28)29(33)23-13-17-25(35-5)18-14-23/h7-18,20-21,27H,6,19H2,1-5H3. The van der Waals surface area contributed by atoms with Crippen molar-refractivity contribution in [2.75, 3.05) is 23.5 Å². The molecule has 0 N–H and O–H groups in total. The number of amides is 2. The van der Waals surface area contributed by atoms with Gasteiger partial charge in [0.05, 0.1) is 13.0 Å². The number of methoxy groups -OCH3 is 1. The zero-order valence-electron chi connectivity index (χ0n) is 21.2. The summed E-state index contributed by atoms with van der Waals surface area (Å²) < 4.78 is 5.23. The van der Waals surface area contributed by atoms with Gasteiger partial charge in [-0.3, -0.25) is 9.59 Å². The van der Waals surface area contributed by atoms with Crippen molar-refractivity contribution in [3.05, 3.63) is 89.5 Å². The molecule has 0 bridgehead atoms. The van der Waals surface area contributed by atoms with Gasteiger partial charge in [-0.05, 0) is 79.8 Å². The minimum atomic E-state index is -0.314. The molecule has 0 radical (unpaired) electrons. The molecule has 5 heteroatoms. The molecule has 182 valence electrons. The molecule has 2 amide bonds. The van der Waals surface area contributed by atoms with E-state index < -0.39 is 0 Å². The Kier molecular flexibility index (Phi) is 7.25. The molecule has 0 aliphatic carbocycles. The maximum absolute atomic E-state index is 13.9. The number of fused-ring (bicyclic) bond motifs is 1. The van der Waals surface area contributed by atoms with Crippen molar-refractivity contribution in [2.45, 2.75) is 52.0 Å². The molecule has 1 aliphatic heterocycles. The van der Waals surface area contributed by atoms with E-state index in [1.165, 1.54) is 5.56 Å². The fourth-order valence-corrected chi connectivity index (χ4v) is 4.92. The van der Waals surface area contributed by atoms with E-state index in [0.717, 1.165) is 16.9 Å². The van der Waals surface area contributed by atoms with E-state index in [1.54, 1.807) is 31.4 Å². The molecule has 4 rings (SSSR count). The second kappa shape index (κ2) is 10.3. The predicted octanol–water partition coefficient (Wildman–Crippen LogP) is 6.39. The summed E-state index contributed by atoms with van der Waals surface area (Å²) in [5, 5.41) is 0. The molecule has 0 fully saturated rings. The molecule has 35 heavy (non-hydrogen) atoms. The van der Waals surface area contributed by atoms with Gasteiger partial charge in [-0.25, -0.2) is 0 Å². The fourth-order valence-electron chi connectivity index (χ4n) is 4.92. The van der Waals surface area contributed by atoms with Crippen LogP contribution in [0.25, 0.3) is 0 Å². The van der Waals surface area contributed by atoms with Crippen LogP contribution in [0.15, 0.2) is 72.8 Å². The molecule has 0 saturated carbocycles. The van der Waals surface area contributed by atoms with Gasteiger partial charge in [0.25, 0.3) is 5.91 Å². The molecule has 5 nitrogen and oxygen atoms in total. The first kappa shape index (κ1) is 24.5. The molecular formula is C30H34N2O3. The number of carbonyl (C=O) groups is 2. The Balaban J connectivity index is 1.66.